The monoisotopic (exact) mass is 252 g/mol. The molecule has 6 heteroatoms. The Kier molecular flexibility index (Phi) is 3.34. The third-order valence-corrected chi connectivity index (χ3v) is 2.79. The average molecular weight is 252 g/mol. The Bertz CT molecular complexity index is 528. The summed E-state index contributed by atoms with van der Waals surface area (Å²) < 4.78 is 13.4. The highest BCUT2D eigenvalue weighted by Crippen LogP contribution is 2.17. The minimum Gasteiger partial charge on any atom is -0.478 e. The van der Waals surface area contributed by atoms with Crippen LogP contribution in [0.2, 0.25) is 0 Å². The summed E-state index contributed by atoms with van der Waals surface area (Å²) >= 11 is 1.45. The number of nitrogens with zero attached hydrogens (tertiary/aromatic N) is 1. The Balaban J connectivity index is 2.14. The van der Waals surface area contributed by atoms with Gasteiger partial charge in [-0.2, -0.15) is 0 Å². The molecule has 88 valence electrons. The van der Waals surface area contributed by atoms with Gasteiger partial charge in [-0.25, -0.2) is 14.2 Å². The van der Waals surface area contributed by atoms with Crippen LogP contribution in [0.3, 0.4) is 0 Å². The molecule has 2 rings (SSSR count). The lowest BCUT2D eigenvalue weighted by atomic mass is 10.2. The Hall–Kier alpha value is -1.95. The van der Waals surface area contributed by atoms with Crippen LogP contribution < -0.4 is 5.32 Å². The second-order valence-corrected chi connectivity index (χ2v) is 4.05. The molecular formula is C11H9FN2O2S. The lowest BCUT2D eigenvalue weighted by Crippen LogP contribution is -2.04. The first-order valence-electron chi connectivity index (χ1n) is 4.80. The standard InChI is InChI=1S/C11H9FN2O2S/c12-9-2-1-7(11(15)16)3-10(9)13-4-8-5-17-6-14-8/h1-3,5-6,13H,4H2,(H,15,16). The van der Waals surface area contributed by atoms with Crippen molar-refractivity contribution in [3.8, 4) is 0 Å². The number of halogens is 1. The highest BCUT2D eigenvalue weighted by atomic mass is 32.1. The van der Waals surface area contributed by atoms with Crippen molar-refractivity contribution in [1.29, 1.82) is 0 Å². The van der Waals surface area contributed by atoms with E-state index in [4.69, 9.17) is 5.11 Å². The van der Waals surface area contributed by atoms with Gasteiger partial charge in [0.1, 0.15) is 5.82 Å². The van der Waals surface area contributed by atoms with E-state index >= 15 is 0 Å². The van der Waals surface area contributed by atoms with Crippen LogP contribution in [0.25, 0.3) is 0 Å². The van der Waals surface area contributed by atoms with E-state index in [-0.39, 0.29) is 11.3 Å². The molecule has 0 unspecified atom stereocenters. The molecule has 0 radical (unpaired) electrons. The molecule has 1 heterocycles. The first-order chi connectivity index (χ1) is 8.16. The van der Waals surface area contributed by atoms with E-state index in [2.05, 4.69) is 10.3 Å². The van der Waals surface area contributed by atoms with Crippen molar-refractivity contribution in [2.24, 2.45) is 0 Å². The molecular weight excluding hydrogens is 243 g/mol. The molecule has 2 N–H and O–H groups in total. The van der Waals surface area contributed by atoms with E-state index in [1.165, 1.54) is 23.5 Å². The van der Waals surface area contributed by atoms with Gasteiger partial charge in [0.15, 0.2) is 0 Å². The van der Waals surface area contributed by atoms with Crippen molar-refractivity contribution in [3.63, 3.8) is 0 Å². The molecule has 17 heavy (non-hydrogen) atoms. The number of carboxylic acid groups (broad SMARTS) is 1. The topological polar surface area (TPSA) is 62.2 Å². The Labute approximate surface area is 101 Å². The number of nitrogens with one attached hydrogen (secondary N) is 1. The van der Waals surface area contributed by atoms with E-state index in [0.717, 1.165) is 11.8 Å². The first-order valence-corrected chi connectivity index (χ1v) is 5.75. The fourth-order valence-corrected chi connectivity index (χ4v) is 1.86. The zero-order chi connectivity index (χ0) is 12.3. The van der Waals surface area contributed by atoms with E-state index in [9.17, 15) is 9.18 Å². The number of carbonyl (C=O) groups is 1. The highest BCUT2D eigenvalue weighted by molar-refractivity contribution is 7.07. The van der Waals surface area contributed by atoms with Crippen LogP contribution in [-0.4, -0.2) is 16.1 Å². The Morgan fingerprint density at radius 2 is 2.35 bits per heavy atom. The zero-order valence-corrected chi connectivity index (χ0v) is 9.50. The van der Waals surface area contributed by atoms with Crippen molar-refractivity contribution < 1.29 is 14.3 Å². The molecule has 0 aliphatic heterocycles. The highest BCUT2D eigenvalue weighted by Gasteiger charge is 2.08. The predicted octanol–water partition coefficient (Wildman–Crippen LogP) is 2.59. The molecule has 0 saturated carbocycles. The van der Waals surface area contributed by atoms with Crippen LogP contribution in [0.4, 0.5) is 10.1 Å². The molecule has 0 bridgehead atoms. The summed E-state index contributed by atoms with van der Waals surface area (Å²) in [7, 11) is 0. The van der Waals surface area contributed by atoms with E-state index in [1.807, 2.05) is 5.38 Å². The summed E-state index contributed by atoms with van der Waals surface area (Å²) in [4.78, 5) is 14.8. The van der Waals surface area contributed by atoms with Gasteiger partial charge in [0.25, 0.3) is 0 Å². The van der Waals surface area contributed by atoms with Gasteiger partial charge in [0, 0.05) is 5.38 Å². The van der Waals surface area contributed by atoms with Crippen molar-refractivity contribution in [1.82, 2.24) is 4.98 Å². The molecule has 0 spiro atoms. The molecule has 0 amide bonds. The molecule has 1 aromatic carbocycles. The van der Waals surface area contributed by atoms with Crippen LogP contribution in [0, 0.1) is 5.82 Å². The van der Waals surface area contributed by atoms with Gasteiger partial charge in [-0.3, -0.25) is 0 Å². The van der Waals surface area contributed by atoms with Gasteiger partial charge in [0.2, 0.25) is 0 Å². The Morgan fingerprint density at radius 3 is 3.00 bits per heavy atom. The summed E-state index contributed by atoms with van der Waals surface area (Å²) in [5, 5.41) is 13.4. The molecule has 0 atom stereocenters. The van der Waals surface area contributed by atoms with Crippen LogP contribution in [0.1, 0.15) is 16.1 Å². The van der Waals surface area contributed by atoms with Crippen molar-refractivity contribution in [2.75, 3.05) is 5.32 Å². The van der Waals surface area contributed by atoms with Crippen LogP contribution in [0.15, 0.2) is 29.1 Å². The number of hydrogen-bond acceptors (Lipinski definition) is 4. The van der Waals surface area contributed by atoms with Gasteiger partial charge in [-0.1, -0.05) is 0 Å². The maximum Gasteiger partial charge on any atom is 0.335 e. The average Bonchev–Trinajstić information content (AvgIpc) is 2.80. The van der Waals surface area contributed by atoms with Crippen molar-refractivity contribution in [2.45, 2.75) is 6.54 Å². The largest absolute Gasteiger partial charge is 0.478 e. The van der Waals surface area contributed by atoms with Crippen LogP contribution in [0.5, 0.6) is 0 Å². The minimum atomic E-state index is -1.08. The predicted molar refractivity (Wildman–Crippen MR) is 62.8 cm³/mol. The normalized spacial score (nSPS) is 10.2. The number of aromatic nitrogens is 1. The third kappa shape index (κ3) is 2.79. The quantitative estimate of drug-likeness (QED) is 0.878. The third-order valence-electron chi connectivity index (χ3n) is 2.16. The number of aromatic carboxylic acids is 1. The maximum absolute atomic E-state index is 13.4. The Morgan fingerprint density at radius 1 is 1.53 bits per heavy atom. The van der Waals surface area contributed by atoms with E-state index in [0.29, 0.717) is 6.54 Å². The van der Waals surface area contributed by atoms with Gasteiger partial charge in [0.05, 0.1) is 29.0 Å². The molecule has 0 aliphatic carbocycles. The van der Waals surface area contributed by atoms with Crippen LogP contribution in [-0.2, 0) is 6.54 Å². The fraction of sp³-hybridized carbons (Fsp3) is 0.0909. The fourth-order valence-electron chi connectivity index (χ4n) is 1.30. The lowest BCUT2D eigenvalue weighted by Gasteiger charge is -2.06. The molecule has 4 nitrogen and oxygen atoms in total. The molecule has 0 aliphatic rings. The van der Waals surface area contributed by atoms with Gasteiger partial charge >= 0.3 is 5.97 Å². The number of anilines is 1. The van der Waals surface area contributed by atoms with Crippen LogP contribution >= 0.6 is 11.3 Å². The summed E-state index contributed by atoms with van der Waals surface area (Å²) in [6.45, 7) is 0.365. The number of carboxylic acids is 1. The summed E-state index contributed by atoms with van der Waals surface area (Å²) in [5.41, 5.74) is 2.68. The number of rotatable bonds is 4. The molecule has 2 aromatic rings. The second kappa shape index (κ2) is 4.92. The first kappa shape index (κ1) is 11.5. The number of thiazole rings is 1. The smallest absolute Gasteiger partial charge is 0.335 e. The zero-order valence-electron chi connectivity index (χ0n) is 8.68. The lowest BCUT2D eigenvalue weighted by molar-refractivity contribution is 0.0697. The summed E-state index contributed by atoms with van der Waals surface area (Å²) in [6.07, 6.45) is 0. The van der Waals surface area contributed by atoms with Gasteiger partial charge < -0.3 is 10.4 Å². The van der Waals surface area contributed by atoms with E-state index < -0.39 is 11.8 Å². The molecule has 1 aromatic heterocycles. The number of hydrogen-bond donors (Lipinski definition) is 2. The summed E-state index contributed by atoms with van der Waals surface area (Å²) in [5.74, 6) is -1.56. The maximum atomic E-state index is 13.4. The number of benzene rings is 1. The summed E-state index contributed by atoms with van der Waals surface area (Å²) in [6, 6.07) is 3.63. The minimum absolute atomic E-state index is 0.0483. The molecule has 0 fully saturated rings. The molecule has 0 saturated heterocycles. The van der Waals surface area contributed by atoms with Crippen molar-refractivity contribution in [3.05, 3.63) is 46.2 Å². The van der Waals surface area contributed by atoms with Crippen molar-refractivity contribution >= 4 is 23.0 Å². The second-order valence-electron chi connectivity index (χ2n) is 3.33. The van der Waals surface area contributed by atoms with E-state index in [1.54, 1.807) is 5.51 Å². The SMILES string of the molecule is O=C(O)c1ccc(F)c(NCc2cscn2)c1. The van der Waals surface area contributed by atoms with Gasteiger partial charge in [-0.15, -0.1) is 11.3 Å². The van der Waals surface area contributed by atoms with Gasteiger partial charge in [-0.05, 0) is 18.2 Å².